The van der Waals surface area contributed by atoms with Crippen LogP contribution in [0.4, 0.5) is 11.4 Å². The number of nitrogens with two attached hydrogens (primary N) is 2. The first-order chi connectivity index (χ1) is 26.4. The quantitative estimate of drug-likeness (QED) is 0.0518. The number of amides is 4. The van der Waals surface area contributed by atoms with Gasteiger partial charge in [0.2, 0.25) is 0 Å². The van der Waals surface area contributed by atoms with Gasteiger partial charge in [-0.2, -0.15) is 0 Å². The second kappa shape index (κ2) is 22.1. The van der Waals surface area contributed by atoms with Crippen molar-refractivity contribution in [1.82, 2.24) is 21.3 Å². The Hall–Kier alpha value is -6.20. The van der Waals surface area contributed by atoms with Gasteiger partial charge in [-0.15, -0.1) is 0 Å². The summed E-state index contributed by atoms with van der Waals surface area (Å²) in [5.41, 5.74) is 14.7. The summed E-state index contributed by atoms with van der Waals surface area (Å²) in [7, 11) is 0. The van der Waals surface area contributed by atoms with E-state index in [1.807, 2.05) is 26.0 Å². The molecule has 4 rings (SSSR count). The number of benzene rings is 4. The van der Waals surface area contributed by atoms with Crippen LogP contribution in [0.25, 0.3) is 12.2 Å². The zero-order chi connectivity index (χ0) is 40.2. The molecule has 11 heteroatoms. The number of anilines is 2. The Morgan fingerprint density at radius 2 is 1.07 bits per heavy atom. The average molecular weight is 747 g/mol. The molecule has 0 aliphatic heterocycles. The van der Waals surface area contributed by atoms with Crippen LogP contribution in [-0.4, -0.2) is 47.4 Å². The Bertz CT molecular complexity index is 1880. The molecule has 0 radical (unpaired) electrons. The van der Waals surface area contributed by atoms with Crippen molar-refractivity contribution in [2.75, 3.05) is 24.6 Å². The molecule has 0 spiro atoms. The van der Waals surface area contributed by atoms with Crippen molar-refractivity contribution in [2.45, 2.75) is 58.9 Å². The van der Waals surface area contributed by atoms with Crippen molar-refractivity contribution in [3.05, 3.63) is 143 Å². The van der Waals surface area contributed by atoms with Crippen LogP contribution in [0.1, 0.15) is 85.2 Å². The Kier molecular flexibility index (Phi) is 17.4. The molecule has 0 bridgehead atoms. The van der Waals surface area contributed by atoms with Crippen molar-refractivity contribution in [2.24, 2.45) is 5.92 Å². The molecule has 0 fully saturated rings. The lowest BCUT2D eigenvalue weighted by molar-refractivity contribution is -0.120. The highest BCUT2D eigenvalue weighted by Crippen LogP contribution is 2.17. The molecule has 9 N–H and O–H groups in total. The molecule has 4 aromatic rings. The summed E-state index contributed by atoms with van der Waals surface area (Å²) in [4.78, 5) is 50.6. The fourth-order valence-electron chi connectivity index (χ4n) is 5.13. The lowest BCUT2D eigenvalue weighted by Gasteiger charge is -2.31. The van der Waals surface area contributed by atoms with Crippen LogP contribution in [-0.2, 0) is 9.59 Å². The molecule has 0 heterocycles. The Balaban J connectivity index is 0.000000296. The second-order valence-electron chi connectivity index (χ2n) is 13.2. The zero-order valence-corrected chi connectivity index (χ0v) is 32.1. The van der Waals surface area contributed by atoms with E-state index in [4.69, 9.17) is 11.5 Å². The van der Waals surface area contributed by atoms with Gasteiger partial charge >= 0.3 is 0 Å². The van der Waals surface area contributed by atoms with Crippen LogP contribution in [0.15, 0.2) is 121 Å². The van der Waals surface area contributed by atoms with Gasteiger partial charge in [0.05, 0.1) is 12.1 Å². The van der Waals surface area contributed by atoms with Crippen molar-refractivity contribution in [3.8, 4) is 0 Å². The summed E-state index contributed by atoms with van der Waals surface area (Å²) >= 11 is 0. The highest BCUT2D eigenvalue weighted by atomic mass is 16.3. The Morgan fingerprint density at radius 1 is 0.655 bits per heavy atom. The average Bonchev–Trinajstić information content (AvgIpc) is 3.21. The predicted octanol–water partition coefficient (Wildman–Crippen LogP) is 6.30. The standard InChI is InChI=1S/C22H27N3O3.C22H27N3O2/c1-3-22(4-2,15-26)25-21(28)19(14-16-10-12-18(23)13-11-16)24-20(27)17-8-6-5-7-9-17;1-3-16(2)13-14-24-22(27)20(15-17-9-11-19(23)12-10-17)25-21(26)18-7-5-4-6-8-18/h5-14,26H,3-4,15,23H2,1-2H3,(H,24,27)(H,25,28);4-12,15-16H,3,13-14,23H2,1-2H3,(H,24,27)(H,25,26)/b19-14-;20-15-. The SMILES string of the molecule is CCC(C)CCNC(=O)/C(=C/c1ccc(N)cc1)NC(=O)c1ccccc1.CCC(CC)(CO)NC(=O)/C(=C/c1ccc(N)cc1)NC(=O)c1ccccc1. The van der Waals surface area contributed by atoms with Crippen molar-refractivity contribution < 1.29 is 24.3 Å². The van der Waals surface area contributed by atoms with Gasteiger partial charge in [-0.25, -0.2) is 0 Å². The van der Waals surface area contributed by atoms with E-state index in [9.17, 15) is 24.3 Å². The summed E-state index contributed by atoms with van der Waals surface area (Å²) < 4.78 is 0. The third-order valence-electron chi connectivity index (χ3n) is 9.21. The molecule has 55 heavy (non-hydrogen) atoms. The molecule has 0 saturated carbocycles. The van der Waals surface area contributed by atoms with Gasteiger partial charge < -0.3 is 37.8 Å². The monoisotopic (exact) mass is 746 g/mol. The highest BCUT2D eigenvalue weighted by molar-refractivity contribution is 6.06. The first kappa shape index (κ1) is 43.2. The Morgan fingerprint density at radius 3 is 1.45 bits per heavy atom. The van der Waals surface area contributed by atoms with Crippen LogP contribution >= 0.6 is 0 Å². The number of hydrogen-bond acceptors (Lipinski definition) is 7. The van der Waals surface area contributed by atoms with Crippen LogP contribution in [0.5, 0.6) is 0 Å². The van der Waals surface area contributed by atoms with E-state index in [0.717, 1.165) is 24.0 Å². The van der Waals surface area contributed by atoms with Gasteiger partial charge in [0, 0.05) is 29.0 Å². The normalized spacial score (nSPS) is 12.0. The first-order valence-electron chi connectivity index (χ1n) is 18.5. The minimum absolute atomic E-state index is 0.0957. The molecule has 0 saturated heterocycles. The van der Waals surface area contributed by atoms with E-state index in [-0.39, 0.29) is 35.7 Å². The van der Waals surface area contributed by atoms with Gasteiger partial charge in [0.25, 0.3) is 23.6 Å². The van der Waals surface area contributed by atoms with Crippen molar-refractivity contribution >= 4 is 47.2 Å². The molecule has 4 amide bonds. The lowest BCUT2D eigenvalue weighted by atomic mass is 9.93. The van der Waals surface area contributed by atoms with E-state index >= 15 is 0 Å². The van der Waals surface area contributed by atoms with E-state index in [0.29, 0.717) is 47.8 Å². The molecule has 4 aromatic carbocycles. The number of nitrogens with one attached hydrogen (secondary N) is 4. The second-order valence-corrected chi connectivity index (χ2v) is 13.2. The van der Waals surface area contributed by atoms with Gasteiger partial charge in [-0.3, -0.25) is 19.2 Å². The third-order valence-corrected chi connectivity index (χ3v) is 9.21. The van der Waals surface area contributed by atoms with E-state index in [1.165, 1.54) is 0 Å². The van der Waals surface area contributed by atoms with Crippen LogP contribution in [0, 0.1) is 5.92 Å². The third kappa shape index (κ3) is 14.3. The number of aliphatic hydroxyl groups excluding tert-OH is 1. The van der Waals surface area contributed by atoms with Gasteiger partial charge in [0.1, 0.15) is 11.4 Å². The molecular formula is C44H54N6O5. The molecule has 0 aromatic heterocycles. The molecular weight excluding hydrogens is 693 g/mol. The number of nitrogen functional groups attached to an aromatic ring is 2. The number of hydrogen-bond donors (Lipinski definition) is 7. The molecule has 0 aliphatic rings. The smallest absolute Gasteiger partial charge is 0.268 e. The van der Waals surface area contributed by atoms with Crippen LogP contribution in [0.2, 0.25) is 0 Å². The Labute approximate surface area is 324 Å². The molecule has 1 unspecified atom stereocenters. The minimum atomic E-state index is -0.741. The van der Waals surface area contributed by atoms with Gasteiger partial charge in [0.15, 0.2) is 0 Å². The largest absolute Gasteiger partial charge is 0.399 e. The number of rotatable bonds is 16. The molecule has 290 valence electrons. The number of carbonyl (C=O) groups is 4. The van der Waals surface area contributed by atoms with Crippen LogP contribution < -0.4 is 32.7 Å². The molecule has 11 nitrogen and oxygen atoms in total. The maximum Gasteiger partial charge on any atom is 0.268 e. The fraction of sp³-hybridized carbons (Fsp3) is 0.273. The highest BCUT2D eigenvalue weighted by Gasteiger charge is 2.29. The van der Waals surface area contributed by atoms with Gasteiger partial charge in [-0.05, 0) is 97.0 Å². The van der Waals surface area contributed by atoms with E-state index in [2.05, 4.69) is 35.1 Å². The minimum Gasteiger partial charge on any atom is -0.399 e. The van der Waals surface area contributed by atoms with Crippen LogP contribution in [0.3, 0.4) is 0 Å². The zero-order valence-electron chi connectivity index (χ0n) is 32.1. The maximum absolute atomic E-state index is 12.9. The summed E-state index contributed by atoms with van der Waals surface area (Å²) in [5.74, 6) is -0.943. The summed E-state index contributed by atoms with van der Waals surface area (Å²) in [6, 6.07) is 31.5. The summed E-state index contributed by atoms with van der Waals surface area (Å²) in [6.07, 6.45) is 6.32. The van der Waals surface area contributed by atoms with E-state index < -0.39 is 11.4 Å². The number of carbonyl (C=O) groups excluding carboxylic acids is 4. The van der Waals surface area contributed by atoms with E-state index in [1.54, 1.807) is 109 Å². The summed E-state index contributed by atoms with van der Waals surface area (Å²) in [6.45, 7) is 8.44. The topological polar surface area (TPSA) is 189 Å². The lowest BCUT2D eigenvalue weighted by Crippen LogP contribution is -2.52. The molecule has 1 atom stereocenters. The first-order valence-corrected chi connectivity index (χ1v) is 18.5. The fourth-order valence-corrected chi connectivity index (χ4v) is 5.13. The van der Waals surface area contributed by atoms with Crippen molar-refractivity contribution in [3.63, 3.8) is 0 Å². The summed E-state index contributed by atoms with van der Waals surface area (Å²) in [5, 5.41) is 20.9. The predicted molar refractivity (Wildman–Crippen MR) is 221 cm³/mol. The maximum atomic E-state index is 12.9. The number of aliphatic hydroxyl groups is 1. The van der Waals surface area contributed by atoms with Gasteiger partial charge in [-0.1, -0.05) is 94.8 Å². The van der Waals surface area contributed by atoms with Crippen molar-refractivity contribution in [1.29, 1.82) is 0 Å². The molecule has 0 aliphatic carbocycles.